The summed E-state index contributed by atoms with van der Waals surface area (Å²) in [4.78, 5) is 3.25. The van der Waals surface area contributed by atoms with E-state index in [1.54, 1.807) is 0 Å². The number of alkyl halides is 2. The molecule has 0 amide bonds. The highest BCUT2D eigenvalue weighted by molar-refractivity contribution is 9.10. The van der Waals surface area contributed by atoms with E-state index in [0.717, 1.165) is 16.5 Å². The third-order valence-electron chi connectivity index (χ3n) is 6.76. The van der Waals surface area contributed by atoms with Crippen LogP contribution in [-0.2, 0) is 0 Å². The van der Waals surface area contributed by atoms with E-state index < -0.39 is 0 Å². The first-order chi connectivity index (χ1) is 18.5. The van der Waals surface area contributed by atoms with Crippen LogP contribution in [0.4, 0.5) is 0 Å². The Bertz CT molecular complexity index is 1060. The highest BCUT2D eigenvalue weighted by Crippen LogP contribution is 2.35. The summed E-state index contributed by atoms with van der Waals surface area (Å²) in [6.07, 6.45) is 2.52. The van der Waals surface area contributed by atoms with Crippen LogP contribution < -0.4 is 5.73 Å². The average molecular weight is 637 g/mol. The van der Waals surface area contributed by atoms with Crippen molar-refractivity contribution in [2.24, 2.45) is 5.73 Å². The summed E-state index contributed by atoms with van der Waals surface area (Å²) in [5, 5.41) is 1.10. The first-order valence-electron chi connectivity index (χ1n) is 13.4. The molecule has 1 saturated heterocycles. The fraction of sp³-hybridized carbons (Fsp3) is 0.294. The Hall–Kier alpha value is -2.24. The molecule has 2 N–H and O–H groups in total. The second-order valence-electron chi connectivity index (χ2n) is 9.66. The van der Waals surface area contributed by atoms with E-state index in [-0.39, 0.29) is 6.04 Å². The van der Waals surface area contributed by atoms with Gasteiger partial charge in [0.05, 0.1) is 12.1 Å². The number of nitrogens with two attached hydrogens (primary N) is 1. The lowest BCUT2D eigenvalue weighted by Crippen LogP contribution is -2.47. The molecule has 1 fully saturated rings. The molecule has 2 nitrogen and oxygen atoms in total. The minimum Gasteiger partial charge on any atom is -0.320 e. The van der Waals surface area contributed by atoms with Crippen LogP contribution >= 0.6 is 31.9 Å². The van der Waals surface area contributed by atoms with Gasteiger partial charge in [0.1, 0.15) is 0 Å². The molecule has 0 saturated carbocycles. The predicted molar refractivity (Wildman–Crippen MR) is 171 cm³/mol. The minimum absolute atomic E-state index is 0.0163. The van der Waals surface area contributed by atoms with Crippen molar-refractivity contribution < 1.29 is 0 Å². The van der Waals surface area contributed by atoms with Crippen molar-refractivity contribution in [3.63, 3.8) is 0 Å². The maximum atomic E-state index is 6.12. The summed E-state index contributed by atoms with van der Waals surface area (Å²) < 4.78 is 0. The van der Waals surface area contributed by atoms with Gasteiger partial charge in [0.2, 0.25) is 0 Å². The van der Waals surface area contributed by atoms with Gasteiger partial charge in [-0.15, -0.1) is 0 Å². The summed E-state index contributed by atoms with van der Waals surface area (Å²) in [5.74, 6) is 0. The Morgan fingerprint density at radius 2 is 1.08 bits per heavy atom. The second-order valence-corrected chi connectivity index (χ2v) is 12.0. The zero-order chi connectivity index (χ0) is 27.2. The molecule has 0 bridgehead atoms. The lowest BCUT2D eigenvalue weighted by molar-refractivity contribution is 0.0700. The number of nitrogens with zero attached hydrogens (tertiary/aromatic N) is 1. The van der Waals surface area contributed by atoms with Gasteiger partial charge in [-0.3, -0.25) is 4.90 Å². The van der Waals surface area contributed by atoms with E-state index in [1.807, 2.05) is 36.4 Å². The van der Waals surface area contributed by atoms with Gasteiger partial charge in [-0.1, -0.05) is 160 Å². The number of likely N-dealkylation sites (tertiary alicyclic amines) is 1. The molecule has 1 aliphatic rings. The first kappa shape index (κ1) is 30.3. The number of hydrogen-bond donors (Lipinski definition) is 1. The van der Waals surface area contributed by atoms with Gasteiger partial charge in [-0.05, 0) is 42.0 Å². The Kier molecular flexibility index (Phi) is 13.3. The molecule has 2 atom stereocenters. The second kappa shape index (κ2) is 16.7. The van der Waals surface area contributed by atoms with Gasteiger partial charge in [0, 0.05) is 22.7 Å². The third kappa shape index (κ3) is 9.50. The van der Waals surface area contributed by atoms with Gasteiger partial charge >= 0.3 is 0 Å². The van der Waals surface area contributed by atoms with E-state index in [0.29, 0.717) is 16.9 Å². The summed E-state index contributed by atoms with van der Waals surface area (Å²) in [6.45, 7) is 5.67. The Morgan fingerprint density at radius 1 is 0.711 bits per heavy atom. The van der Waals surface area contributed by atoms with Crippen LogP contribution in [0.3, 0.4) is 0 Å². The van der Waals surface area contributed by atoms with Crippen molar-refractivity contribution in [1.82, 2.24) is 4.90 Å². The van der Waals surface area contributed by atoms with Gasteiger partial charge in [-0.2, -0.15) is 0 Å². The zero-order valence-electron chi connectivity index (χ0n) is 22.5. The van der Waals surface area contributed by atoms with Crippen LogP contribution in [0.15, 0.2) is 121 Å². The quantitative estimate of drug-likeness (QED) is 0.205. The molecule has 1 aliphatic heterocycles. The van der Waals surface area contributed by atoms with Crippen molar-refractivity contribution in [2.45, 2.75) is 49.6 Å². The Balaban J connectivity index is 0.000000178. The molecule has 38 heavy (non-hydrogen) atoms. The molecule has 200 valence electrons. The smallest absolute Gasteiger partial charge is 0.0604 e. The topological polar surface area (TPSA) is 29.3 Å². The van der Waals surface area contributed by atoms with Crippen LogP contribution in [0.1, 0.15) is 61.0 Å². The molecule has 0 aliphatic carbocycles. The molecule has 4 aromatic carbocycles. The Labute approximate surface area is 246 Å². The fourth-order valence-corrected chi connectivity index (χ4v) is 5.96. The van der Waals surface area contributed by atoms with Gasteiger partial charge < -0.3 is 5.73 Å². The summed E-state index contributed by atoms with van der Waals surface area (Å²) in [6, 6.07) is 43.0. The maximum Gasteiger partial charge on any atom is 0.0604 e. The van der Waals surface area contributed by atoms with Gasteiger partial charge in [0.25, 0.3) is 0 Å². The molecule has 1 heterocycles. The van der Waals surface area contributed by atoms with Crippen molar-refractivity contribution >= 4 is 31.9 Å². The minimum atomic E-state index is -0.0163. The fourth-order valence-electron chi connectivity index (χ4n) is 4.43. The van der Waals surface area contributed by atoms with E-state index >= 15 is 0 Å². The maximum absolute atomic E-state index is 6.12. The van der Waals surface area contributed by atoms with Crippen molar-refractivity contribution in [3.05, 3.63) is 144 Å². The molecule has 2 unspecified atom stereocenters. The average Bonchev–Trinajstić information content (AvgIpc) is 2.97. The molecule has 0 spiro atoms. The van der Waals surface area contributed by atoms with Gasteiger partial charge in [-0.25, -0.2) is 0 Å². The standard InChI is InChI=1S/C17H19N.C13H13N.C4H8Br2/c1-14-12-13-18(14)17(15-8-4-2-5-9-15)16-10-6-3-7-11-16;14-13(11-7-3-1-4-8-11)12-9-5-2-6-10-12;1-4(6)2-3-5/h2-11,14,17H,12-13H2,1H3;1-10,13H,14H2;4H,2-3H2,1H3. The zero-order valence-corrected chi connectivity index (χ0v) is 25.6. The highest BCUT2D eigenvalue weighted by atomic mass is 79.9. The normalized spacial score (nSPS) is 15.5. The lowest BCUT2D eigenvalue weighted by Gasteiger charge is -2.45. The van der Waals surface area contributed by atoms with Gasteiger partial charge in [0.15, 0.2) is 0 Å². The van der Waals surface area contributed by atoms with Crippen molar-refractivity contribution in [1.29, 1.82) is 0 Å². The summed E-state index contributed by atoms with van der Waals surface area (Å²) in [5.41, 5.74) is 11.2. The van der Waals surface area contributed by atoms with E-state index in [4.69, 9.17) is 5.73 Å². The SMILES string of the molecule is CC(Br)CCBr.CC1CCN1C(c1ccccc1)c1ccccc1.NC(c1ccccc1)c1ccccc1. The van der Waals surface area contributed by atoms with E-state index in [2.05, 4.69) is 136 Å². The summed E-state index contributed by atoms with van der Waals surface area (Å²) in [7, 11) is 0. The van der Waals surface area contributed by atoms with E-state index in [9.17, 15) is 0 Å². The van der Waals surface area contributed by atoms with Crippen molar-refractivity contribution in [2.75, 3.05) is 11.9 Å². The van der Waals surface area contributed by atoms with Crippen molar-refractivity contribution in [3.8, 4) is 0 Å². The van der Waals surface area contributed by atoms with Crippen LogP contribution in [0, 0.1) is 0 Å². The van der Waals surface area contributed by atoms with E-state index in [1.165, 1.54) is 30.5 Å². The van der Waals surface area contributed by atoms with Crippen LogP contribution in [0.2, 0.25) is 0 Å². The molecule has 5 rings (SSSR count). The largest absolute Gasteiger partial charge is 0.320 e. The molecule has 0 aromatic heterocycles. The number of rotatable bonds is 7. The first-order valence-corrected chi connectivity index (χ1v) is 15.5. The monoisotopic (exact) mass is 634 g/mol. The van der Waals surface area contributed by atoms with Crippen LogP contribution in [0.5, 0.6) is 0 Å². The highest BCUT2D eigenvalue weighted by Gasteiger charge is 2.32. The molecular formula is C34H40Br2N2. The lowest BCUT2D eigenvalue weighted by atomic mass is 9.91. The molecule has 0 radical (unpaired) electrons. The summed E-state index contributed by atoms with van der Waals surface area (Å²) >= 11 is 6.72. The molecule has 4 heteroatoms. The number of benzene rings is 4. The Morgan fingerprint density at radius 3 is 1.32 bits per heavy atom. The van der Waals surface area contributed by atoms with Crippen LogP contribution in [0.25, 0.3) is 0 Å². The van der Waals surface area contributed by atoms with Crippen LogP contribution in [-0.4, -0.2) is 27.6 Å². The molecule has 4 aromatic rings. The predicted octanol–water partition coefficient (Wildman–Crippen LogP) is 9.16. The molecular weight excluding hydrogens is 596 g/mol. The third-order valence-corrected chi connectivity index (χ3v) is 7.67. The number of halogens is 2. The number of hydrogen-bond acceptors (Lipinski definition) is 2.